The predicted octanol–water partition coefficient (Wildman–Crippen LogP) is 3.74. The second-order valence-corrected chi connectivity index (χ2v) is 5.85. The fourth-order valence-electron chi connectivity index (χ4n) is 2.79. The van der Waals surface area contributed by atoms with E-state index in [2.05, 4.69) is 27.2 Å². The molecule has 0 radical (unpaired) electrons. The maximum Gasteiger partial charge on any atom is 0.250 e. The Labute approximate surface area is 146 Å². The third kappa shape index (κ3) is 3.78. The number of aromatic nitrogens is 2. The molecule has 1 aromatic heterocycles. The van der Waals surface area contributed by atoms with Crippen molar-refractivity contribution in [1.82, 2.24) is 10.1 Å². The van der Waals surface area contributed by atoms with Crippen LogP contribution in [0.5, 0.6) is 0 Å². The van der Waals surface area contributed by atoms with E-state index in [0.29, 0.717) is 11.7 Å². The van der Waals surface area contributed by atoms with Gasteiger partial charge in [-0.15, -0.1) is 0 Å². The molecule has 1 fully saturated rings. The van der Waals surface area contributed by atoms with E-state index in [4.69, 9.17) is 9.26 Å². The first-order chi connectivity index (χ1) is 12.4. The molecule has 126 valence electrons. The lowest BCUT2D eigenvalue weighted by Crippen LogP contribution is -2.36. The van der Waals surface area contributed by atoms with Crippen molar-refractivity contribution < 1.29 is 9.26 Å². The van der Waals surface area contributed by atoms with Gasteiger partial charge < -0.3 is 14.2 Å². The van der Waals surface area contributed by atoms with Crippen LogP contribution in [0, 0.1) is 0 Å². The van der Waals surface area contributed by atoms with Crippen LogP contribution in [0.4, 0.5) is 5.69 Å². The molecule has 0 bridgehead atoms. The van der Waals surface area contributed by atoms with Crippen molar-refractivity contribution >= 4 is 17.8 Å². The van der Waals surface area contributed by atoms with Crippen LogP contribution in [0.15, 0.2) is 59.1 Å². The van der Waals surface area contributed by atoms with Gasteiger partial charge in [0.25, 0.3) is 5.89 Å². The molecule has 0 spiro atoms. The summed E-state index contributed by atoms with van der Waals surface area (Å²) in [6.07, 6.45) is 3.78. The molecule has 2 aromatic carbocycles. The Morgan fingerprint density at radius 2 is 1.64 bits per heavy atom. The Morgan fingerprint density at radius 3 is 2.40 bits per heavy atom. The van der Waals surface area contributed by atoms with E-state index in [9.17, 15) is 0 Å². The van der Waals surface area contributed by atoms with Crippen LogP contribution in [0.3, 0.4) is 0 Å². The minimum Gasteiger partial charge on any atom is -0.378 e. The summed E-state index contributed by atoms with van der Waals surface area (Å²) in [7, 11) is 0. The Balaban J connectivity index is 1.47. The zero-order chi connectivity index (χ0) is 16.9. The molecular weight excluding hydrogens is 314 g/mol. The maximum absolute atomic E-state index is 5.39. The molecule has 0 saturated carbocycles. The number of benzene rings is 2. The smallest absolute Gasteiger partial charge is 0.250 e. The number of morpholine rings is 1. The summed E-state index contributed by atoms with van der Waals surface area (Å²) >= 11 is 0. The summed E-state index contributed by atoms with van der Waals surface area (Å²) in [5.41, 5.74) is 3.23. The van der Waals surface area contributed by atoms with Crippen molar-refractivity contribution in [1.29, 1.82) is 0 Å². The fraction of sp³-hybridized carbons (Fsp3) is 0.200. The monoisotopic (exact) mass is 333 g/mol. The quantitative estimate of drug-likeness (QED) is 0.728. The number of anilines is 1. The van der Waals surface area contributed by atoms with Crippen LogP contribution < -0.4 is 4.90 Å². The van der Waals surface area contributed by atoms with Crippen molar-refractivity contribution in [2.75, 3.05) is 31.2 Å². The van der Waals surface area contributed by atoms with E-state index in [1.54, 1.807) is 0 Å². The second-order valence-electron chi connectivity index (χ2n) is 5.85. The Hall–Kier alpha value is -2.92. The lowest BCUT2D eigenvalue weighted by molar-refractivity contribution is 0.122. The third-order valence-corrected chi connectivity index (χ3v) is 4.16. The Bertz CT molecular complexity index is 835. The van der Waals surface area contributed by atoms with Crippen LogP contribution in [0.1, 0.15) is 11.5 Å². The number of hydrogen-bond donors (Lipinski definition) is 0. The van der Waals surface area contributed by atoms with Crippen LogP contribution in [0.25, 0.3) is 23.5 Å². The predicted molar refractivity (Wildman–Crippen MR) is 98.1 cm³/mol. The van der Waals surface area contributed by atoms with Gasteiger partial charge in [-0.1, -0.05) is 35.5 Å². The normalized spacial score (nSPS) is 15.0. The van der Waals surface area contributed by atoms with Crippen molar-refractivity contribution in [3.05, 3.63) is 66.1 Å². The SMILES string of the molecule is C(=Cc1nc(-c2ccc(N3CCOCC3)cc2)no1)c1ccccc1. The molecule has 0 atom stereocenters. The highest BCUT2D eigenvalue weighted by Gasteiger charge is 2.12. The van der Waals surface area contributed by atoms with E-state index in [1.807, 2.05) is 54.6 Å². The van der Waals surface area contributed by atoms with Gasteiger partial charge in [-0.3, -0.25) is 0 Å². The van der Waals surface area contributed by atoms with Gasteiger partial charge in [-0.25, -0.2) is 0 Å². The largest absolute Gasteiger partial charge is 0.378 e. The van der Waals surface area contributed by atoms with Gasteiger partial charge in [0, 0.05) is 30.4 Å². The van der Waals surface area contributed by atoms with Gasteiger partial charge in [-0.05, 0) is 35.9 Å². The molecule has 2 heterocycles. The van der Waals surface area contributed by atoms with Crippen molar-refractivity contribution in [2.24, 2.45) is 0 Å². The van der Waals surface area contributed by atoms with E-state index in [-0.39, 0.29) is 0 Å². The van der Waals surface area contributed by atoms with Crippen LogP contribution in [-0.2, 0) is 4.74 Å². The maximum atomic E-state index is 5.39. The van der Waals surface area contributed by atoms with Gasteiger partial charge >= 0.3 is 0 Å². The lowest BCUT2D eigenvalue weighted by atomic mass is 10.2. The molecule has 0 N–H and O–H groups in total. The molecule has 0 aliphatic carbocycles. The summed E-state index contributed by atoms with van der Waals surface area (Å²) in [6.45, 7) is 3.42. The molecule has 5 nitrogen and oxygen atoms in total. The molecule has 5 heteroatoms. The average molecular weight is 333 g/mol. The van der Waals surface area contributed by atoms with Crippen LogP contribution in [0.2, 0.25) is 0 Å². The molecule has 1 aliphatic rings. The Kier molecular flexibility index (Phi) is 4.57. The van der Waals surface area contributed by atoms with Gasteiger partial charge in [0.2, 0.25) is 5.82 Å². The first-order valence-electron chi connectivity index (χ1n) is 8.38. The minimum absolute atomic E-state index is 0.496. The molecule has 25 heavy (non-hydrogen) atoms. The van der Waals surface area contributed by atoms with Gasteiger partial charge in [0.05, 0.1) is 13.2 Å². The molecule has 3 aromatic rings. The summed E-state index contributed by atoms with van der Waals surface area (Å²) in [5, 5.41) is 4.07. The summed E-state index contributed by atoms with van der Waals surface area (Å²) in [5.74, 6) is 1.09. The zero-order valence-electron chi connectivity index (χ0n) is 13.8. The van der Waals surface area contributed by atoms with E-state index < -0.39 is 0 Å². The van der Waals surface area contributed by atoms with Crippen molar-refractivity contribution in [3.63, 3.8) is 0 Å². The number of rotatable bonds is 4. The Morgan fingerprint density at radius 1 is 0.880 bits per heavy atom. The average Bonchev–Trinajstić information content (AvgIpc) is 3.17. The summed E-state index contributed by atoms with van der Waals surface area (Å²) in [4.78, 5) is 6.76. The highest BCUT2D eigenvalue weighted by Crippen LogP contribution is 2.22. The van der Waals surface area contributed by atoms with Crippen molar-refractivity contribution in [3.8, 4) is 11.4 Å². The number of hydrogen-bond acceptors (Lipinski definition) is 5. The second kappa shape index (κ2) is 7.32. The van der Waals surface area contributed by atoms with Crippen molar-refractivity contribution in [2.45, 2.75) is 0 Å². The fourth-order valence-corrected chi connectivity index (χ4v) is 2.79. The van der Waals surface area contributed by atoms with E-state index in [1.165, 1.54) is 5.69 Å². The highest BCUT2D eigenvalue weighted by molar-refractivity contribution is 5.67. The lowest BCUT2D eigenvalue weighted by Gasteiger charge is -2.28. The van der Waals surface area contributed by atoms with E-state index >= 15 is 0 Å². The minimum atomic E-state index is 0.496. The molecule has 0 amide bonds. The van der Waals surface area contributed by atoms with E-state index in [0.717, 1.165) is 37.4 Å². The molecule has 1 aliphatic heterocycles. The number of nitrogens with zero attached hydrogens (tertiary/aromatic N) is 3. The molecule has 0 unspecified atom stereocenters. The van der Waals surface area contributed by atoms with Gasteiger partial charge in [-0.2, -0.15) is 4.98 Å². The first-order valence-corrected chi connectivity index (χ1v) is 8.38. The first kappa shape index (κ1) is 15.6. The molecule has 1 saturated heterocycles. The standard InChI is InChI=1S/C20H19N3O2/c1-2-4-16(5-3-1)6-11-19-21-20(22-25-19)17-7-9-18(10-8-17)23-12-14-24-15-13-23/h1-11H,12-15H2. The van der Waals surface area contributed by atoms with Crippen LogP contribution >= 0.6 is 0 Å². The number of ether oxygens (including phenoxy) is 1. The van der Waals surface area contributed by atoms with Crippen LogP contribution in [-0.4, -0.2) is 36.4 Å². The summed E-state index contributed by atoms with van der Waals surface area (Å²) in [6, 6.07) is 18.3. The van der Waals surface area contributed by atoms with Gasteiger partial charge in [0.15, 0.2) is 0 Å². The molecule has 4 rings (SSSR count). The third-order valence-electron chi connectivity index (χ3n) is 4.16. The summed E-state index contributed by atoms with van der Waals surface area (Å²) < 4.78 is 10.7. The van der Waals surface area contributed by atoms with Gasteiger partial charge in [0.1, 0.15) is 0 Å². The topological polar surface area (TPSA) is 51.4 Å². The molecular formula is C20H19N3O2. The highest BCUT2D eigenvalue weighted by atomic mass is 16.5. The zero-order valence-corrected chi connectivity index (χ0v) is 13.8.